The number of piperazine rings is 1. The van der Waals surface area contributed by atoms with Gasteiger partial charge in [-0.1, -0.05) is 36.4 Å². The number of fused-ring (bicyclic) bond motifs is 2. The van der Waals surface area contributed by atoms with Crippen molar-refractivity contribution in [3.63, 3.8) is 0 Å². The molecule has 1 aliphatic rings. The van der Waals surface area contributed by atoms with Crippen LogP contribution in [-0.4, -0.2) is 63.3 Å². The van der Waals surface area contributed by atoms with Crippen LogP contribution in [0.25, 0.3) is 44.5 Å². The van der Waals surface area contributed by atoms with Crippen molar-refractivity contribution in [2.45, 2.75) is 6.61 Å². The van der Waals surface area contributed by atoms with E-state index in [4.69, 9.17) is 4.74 Å². The molecular formula is C31H29N7O. The van der Waals surface area contributed by atoms with E-state index in [1.54, 1.807) is 6.20 Å². The highest BCUT2D eigenvalue weighted by molar-refractivity contribution is 6.00. The van der Waals surface area contributed by atoms with Gasteiger partial charge in [0.25, 0.3) is 0 Å². The number of likely N-dealkylation sites (N-methyl/N-ethyl adjacent to an activating group) is 1. The first kappa shape index (κ1) is 23.4. The summed E-state index contributed by atoms with van der Waals surface area (Å²) in [5.74, 6) is 0.706. The molecule has 0 bridgehead atoms. The van der Waals surface area contributed by atoms with Crippen molar-refractivity contribution in [1.29, 1.82) is 0 Å². The highest BCUT2D eigenvalue weighted by Gasteiger charge is 2.19. The van der Waals surface area contributed by atoms with Gasteiger partial charge in [-0.25, -0.2) is 0 Å². The lowest BCUT2D eigenvalue weighted by atomic mass is 10.1. The summed E-state index contributed by atoms with van der Waals surface area (Å²) in [6, 6.07) is 22.9. The van der Waals surface area contributed by atoms with Gasteiger partial charge in [-0.2, -0.15) is 5.10 Å². The predicted molar refractivity (Wildman–Crippen MR) is 155 cm³/mol. The van der Waals surface area contributed by atoms with Crippen LogP contribution < -0.4 is 9.64 Å². The molecule has 8 heteroatoms. The summed E-state index contributed by atoms with van der Waals surface area (Å²) in [4.78, 5) is 17.5. The van der Waals surface area contributed by atoms with Crippen LogP contribution >= 0.6 is 0 Å². The zero-order chi connectivity index (χ0) is 26.2. The number of hydrogen-bond acceptors (Lipinski definition) is 6. The minimum absolute atomic E-state index is 0.487. The summed E-state index contributed by atoms with van der Waals surface area (Å²) >= 11 is 0. The number of nitrogens with zero attached hydrogens (tertiary/aromatic N) is 5. The van der Waals surface area contributed by atoms with E-state index in [0.717, 1.165) is 70.8 Å². The third-order valence-electron chi connectivity index (χ3n) is 7.44. The molecule has 1 aliphatic heterocycles. The van der Waals surface area contributed by atoms with Crippen molar-refractivity contribution in [3.8, 4) is 28.4 Å². The average molecular weight is 516 g/mol. The number of benzene rings is 2. The van der Waals surface area contributed by atoms with Crippen molar-refractivity contribution in [3.05, 3.63) is 90.9 Å². The van der Waals surface area contributed by atoms with Crippen LogP contribution in [-0.2, 0) is 6.61 Å². The molecule has 0 spiro atoms. The maximum absolute atomic E-state index is 6.00. The molecule has 0 saturated carbocycles. The summed E-state index contributed by atoms with van der Waals surface area (Å²) in [6.07, 6.45) is 5.38. The van der Waals surface area contributed by atoms with Crippen LogP contribution in [0.4, 0.5) is 5.69 Å². The van der Waals surface area contributed by atoms with Crippen LogP contribution in [0.3, 0.4) is 0 Å². The van der Waals surface area contributed by atoms with Crippen LogP contribution in [0, 0.1) is 0 Å². The number of rotatable bonds is 6. The summed E-state index contributed by atoms with van der Waals surface area (Å²) in [6.45, 7) is 4.68. The maximum atomic E-state index is 6.00. The molecule has 39 heavy (non-hydrogen) atoms. The first-order valence-electron chi connectivity index (χ1n) is 13.2. The normalized spacial score (nSPS) is 14.3. The zero-order valence-electron chi connectivity index (χ0n) is 21.8. The largest absolute Gasteiger partial charge is 0.487 e. The minimum atomic E-state index is 0.487. The van der Waals surface area contributed by atoms with E-state index < -0.39 is 0 Å². The molecule has 0 atom stereocenters. The van der Waals surface area contributed by atoms with Gasteiger partial charge in [-0.15, -0.1) is 0 Å². The summed E-state index contributed by atoms with van der Waals surface area (Å²) in [7, 11) is 2.18. The van der Waals surface area contributed by atoms with Crippen molar-refractivity contribution < 1.29 is 4.74 Å². The van der Waals surface area contributed by atoms with Crippen LogP contribution in [0.15, 0.2) is 85.3 Å². The van der Waals surface area contributed by atoms with E-state index in [9.17, 15) is 0 Å². The fourth-order valence-corrected chi connectivity index (χ4v) is 5.25. The highest BCUT2D eigenvalue weighted by atomic mass is 16.5. The molecule has 194 valence electrons. The number of hydrogen-bond donors (Lipinski definition) is 2. The second kappa shape index (κ2) is 9.89. The van der Waals surface area contributed by atoms with Gasteiger partial charge in [0.2, 0.25) is 0 Å². The average Bonchev–Trinajstić information content (AvgIpc) is 3.61. The van der Waals surface area contributed by atoms with Crippen molar-refractivity contribution in [2.75, 3.05) is 38.1 Å². The summed E-state index contributed by atoms with van der Waals surface area (Å²) in [5.41, 5.74) is 7.94. The van der Waals surface area contributed by atoms with Gasteiger partial charge in [-0.05, 0) is 42.9 Å². The van der Waals surface area contributed by atoms with E-state index in [0.29, 0.717) is 12.4 Å². The molecule has 2 N–H and O–H groups in total. The Morgan fingerprint density at radius 3 is 2.59 bits per heavy atom. The monoisotopic (exact) mass is 515 g/mol. The van der Waals surface area contributed by atoms with E-state index >= 15 is 0 Å². The lowest BCUT2D eigenvalue weighted by Crippen LogP contribution is -2.44. The number of aromatic nitrogens is 5. The highest BCUT2D eigenvalue weighted by Crippen LogP contribution is 2.35. The molecule has 8 nitrogen and oxygen atoms in total. The van der Waals surface area contributed by atoms with Gasteiger partial charge < -0.3 is 19.5 Å². The predicted octanol–water partition coefficient (Wildman–Crippen LogP) is 5.50. The van der Waals surface area contributed by atoms with Gasteiger partial charge in [0.15, 0.2) is 0 Å². The Hall–Kier alpha value is -4.69. The Bertz CT molecular complexity index is 1750. The topological polar surface area (TPSA) is 86.0 Å². The number of nitrogens with one attached hydrogen (secondary N) is 2. The minimum Gasteiger partial charge on any atom is -0.487 e. The molecule has 0 radical (unpaired) electrons. The molecule has 0 unspecified atom stereocenters. The lowest BCUT2D eigenvalue weighted by molar-refractivity contribution is 0.305. The second-order valence-corrected chi connectivity index (χ2v) is 10.1. The standard InChI is InChI=1S/C31H29N7O/c1-37-10-12-38(13-11-37)30-9-5-8-26-24(30)15-28(34-26)31-25-16-27(33-19-29(25)35-36-31)22-14-23(18-32-17-22)39-20-21-6-3-2-4-7-21/h2-9,14-19,34H,10-13,20H2,1H3,(H,35,36). The Balaban J connectivity index is 1.20. The summed E-state index contributed by atoms with van der Waals surface area (Å²) in [5, 5.41) is 10.0. The number of anilines is 1. The van der Waals surface area contributed by atoms with Gasteiger partial charge in [0, 0.05) is 59.9 Å². The van der Waals surface area contributed by atoms with Gasteiger partial charge in [-0.3, -0.25) is 15.1 Å². The van der Waals surface area contributed by atoms with Crippen LogP contribution in [0.5, 0.6) is 5.75 Å². The molecule has 6 aromatic rings. The molecule has 1 saturated heterocycles. The molecule has 4 aromatic heterocycles. The molecule has 0 aliphatic carbocycles. The molecule has 7 rings (SSSR count). The Morgan fingerprint density at radius 1 is 0.846 bits per heavy atom. The van der Waals surface area contributed by atoms with E-state index in [1.165, 1.54) is 11.1 Å². The van der Waals surface area contributed by atoms with E-state index in [1.807, 2.05) is 48.8 Å². The first-order chi connectivity index (χ1) is 19.2. The number of H-pyrrole nitrogens is 2. The van der Waals surface area contributed by atoms with Crippen LogP contribution in [0.2, 0.25) is 0 Å². The SMILES string of the molecule is CN1CCN(c2cccc3[nH]c(-c4n[nH]c5cnc(-c6cncc(OCc7ccccc7)c6)cc45)cc23)CC1. The van der Waals surface area contributed by atoms with Crippen molar-refractivity contribution in [1.82, 2.24) is 30.0 Å². The van der Waals surface area contributed by atoms with E-state index in [2.05, 4.69) is 72.3 Å². The van der Waals surface area contributed by atoms with Crippen molar-refractivity contribution >= 4 is 27.5 Å². The van der Waals surface area contributed by atoms with Gasteiger partial charge in [0.1, 0.15) is 18.1 Å². The van der Waals surface area contributed by atoms with Crippen LogP contribution in [0.1, 0.15) is 5.56 Å². The molecule has 5 heterocycles. The van der Waals surface area contributed by atoms with E-state index in [-0.39, 0.29) is 0 Å². The zero-order valence-corrected chi connectivity index (χ0v) is 21.8. The Kier molecular flexibility index (Phi) is 5.94. The fraction of sp³-hybridized carbons (Fsp3) is 0.194. The Morgan fingerprint density at radius 2 is 1.72 bits per heavy atom. The van der Waals surface area contributed by atoms with Gasteiger partial charge >= 0.3 is 0 Å². The lowest BCUT2D eigenvalue weighted by Gasteiger charge is -2.34. The second-order valence-electron chi connectivity index (χ2n) is 10.1. The third kappa shape index (κ3) is 4.59. The Labute approximate surface area is 226 Å². The number of pyridine rings is 2. The van der Waals surface area contributed by atoms with Gasteiger partial charge in [0.05, 0.1) is 29.3 Å². The maximum Gasteiger partial charge on any atom is 0.138 e. The molecule has 2 aromatic carbocycles. The number of aromatic amines is 2. The first-order valence-corrected chi connectivity index (χ1v) is 13.2. The quantitative estimate of drug-likeness (QED) is 0.305. The molecule has 0 amide bonds. The number of ether oxygens (including phenoxy) is 1. The summed E-state index contributed by atoms with van der Waals surface area (Å²) < 4.78 is 6.00. The molecular weight excluding hydrogens is 486 g/mol. The molecule has 1 fully saturated rings. The van der Waals surface area contributed by atoms with Crippen molar-refractivity contribution in [2.24, 2.45) is 0 Å². The third-order valence-corrected chi connectivity index (χ3v) is 7.44. The smallest absolute Gasteiger partial charge is 0.138 e. The fourth-order valence-electron chi connectivity index (χ4n) is 5.25.